The van der Waals surface area contributed by atoms with E-state index < -0.39 is 28.5 Å². The lowest BCUT2D eigenvalue weighted by Crippen LogP contribution is -2.53. The van der Waals surface area contributed by atoms with E-state index in [1.807, 2.05) is 20.8 Å². The second kappa shape index (κ2) is 12.6. The maximum Gasteiger partial charge on any atom is 0.244 e. The number of halogens is 2. The van der Waals surface area contributed by atoms with Crippen LogP contribution in [-0.2, 0) is 26.2 Å². The fourth-order valence-electron chi connectivity index (χ4n) is 3.42. The summed E-state index contributed by atoms with van der Waals surface area (Å²) in [5.41, 5.74) is 1.01. The van der Waals surface area contributed by atoms with Gasteiger partial charge in [0, 0.05) is 22.1 Å². The van der Waals surface area contributed by atoms with Crippen LogP contribution in [0.5, 0.6) is 0 Å². The average Bonchev–Trinajstić information content (AvgIpc) is 2.77. The van der Waals surface area contributed by atoms with Crippen molar-refractivity contribution in [3.8, 4) is 0 Å². The van der Waals surface area contributed by atoms with Gasteiger partial charge in [0.15, 0.2) is 0 Å². The topological polar surface area (TPSA) is 86.8 Å². The molecule has 0 bridgehead atoms. The van der Waals surface area contributed by atoms with Crippen LogP contribution >= 0.6 is 27.5 Å². The van der Waals surface area contributed by atoms with Crippen LogP contribution in [0.2, 0.25) is 5.02 Å². The molecule has 186 valence electrons. The molecular formula is C24H31BrClN3O4S. The summed E-state index contributed by atoms with van der Waals surface area (Å²) in [6, 6.07) is 12.9. The van der Waals surface area contributed by atoms with Crippen molar-refractivity contribution in [3.05, 3.63) is 63.6 Å². The molecule has 0 saturated heterocycles. The lowest BCUT2D eigenvalue weighted by molar-refractivity contribution is -0.140. The maximum absolute atomic E-state index is 13.6. The molecule has 2 amide bonds. The number of sulfonamides is 1. The van der Waals surface area contributed by atoms with E-state index >= 15 is 0 Å². The van der Waals surface area contributed by atoms with Crippen LogP contribution in [0.4, 0.5) is 5.69 Å². The molecule has 1 N–H and O–H groups in total. The lowest BCUT2D eigenvalue weighted by Gasteiger charge is -2.33. The van der Waals surface area contributed by atoms with Crippen LogP contribution in [0, 0.1) is 0 Å². The van der Waals surface area contributed by atoms with Crippen molar-refractivity contribution in [2.24, 2.45) is 0 Å². The molecule has 0 unspecified atom stereocenters. The van der Waals surface area contributed by atoms with Gasteiger partial charge in [-0.15, -0.1) is 0 Å². The summed E-state index contributed by atoms with van der Waals surface area (Å²) in [5, 5.41) is 3.40. The van der Waals surface area contributed by atoms with Crippen molar-refractivity contribution in [2.75, 3.05) is 17.1 Å². The molecule has 2 aromatic carbocycles. The van der Waals surface area contributed by atoms with Crippen molar-refractivity contribution in [1.82, 2.24) is 10.2 Å². The third-order valence-electron chi connectivity index (χ3n) is 5.46. The summed E-state index contributed by atoms with van der Waals surface area (Å²) in [5.74, 6) is -0.790. The fourth-order valence-corrected chi connectivity index (χ4v) is 4.84. The largest absolute Gasteiger partial charge is 0.352 e. The number of amides is 2. The predicted octanol–water partition coefficient (Wildman–Crippen LogP) is 4.59. The van der Waals surface area contributed by atoms with Gasteiger partial charge in [0.25, 0.3) is 0 Å². The van der Waals surface area contributed by atoms with Gasteiger partial charge in [0.1, 0.15) is 12.6 Å². The highest BCUT2D eigenvalue weighted by Crippen LogP contribution is 2.24. The van der Waals surface area contributed by atoms with Crippen molar-refractivity contribution in [2.45, 2.75) is 52.2 Å². The van der Waals surface area contributed by atoms with Gasteiger partial charge in [-0.1, -0.05) is 65.6 Å². The number of benzene rings is 2. The summed E-state index contributed by atoms with van der Waals surface area (Å²) in [6.07, 6.45) is 2.14. The van der Waals surface area contributed by atoms with Crippen LogP contribution in [0.3, 0.4) is 0 Å². The zero-order valence-corrected chi connectivity index (χ0v) is 23.0. The average molecular weight is 573 g/mol. The Morgan fingerprint density at radius 2 is 1.76 bits per heavy atom. The predicted molar refractivity (Wildman–Crippen MR) is 140 cm³/mol. The lowest BCUT2D eigenvalue weighted by atomic mass is 10.1. The number of hydrogen-bond acceptors (Lipinski definition) is 4. The summed E-state index contributed by atoms with van der Waals surface area (Å²) in [7, 11) is -3.78. The fraction of sp³-hybridized carbons (Fsp3) is 0.417. The Bertz CT molecular complexity index is 1110. The Labute approximate surface area is 215 Å². The van der Waals surface area contributed by atoms with Crippen molar-refractivity contribution < 1.29 is 18.0 Å². The van der Waals surface area contributed by atoms with E-state index in [2.05, 4.69) is 21.2 Å². The molecule has 0 aromatic heterocycles. The van der Waals surface area contributed by atoms with Crippen LogP contribution < -0.4 is 9.62 Å². The van der Waals surface area contributed by atoms with Gasteiger partial charge in [0.2, 0.25) is 21.8 Å². The van der Waals surface area contributed by atoms with Gasteiger partial charge in [0.05, 0.1) is 11.9 Å². The van der Waals surface area contributed by atoms with Crippen LogP contribution in [0.25, 0.3) is 0 Å². The standard InChI is InChI=1S/C24H31BrClN3O4S/c1-5-17(3)27-24(31)22(6-2)28(15-18-10-7-8-13-21(18)26)23(30)16-29(34(4,32)33)20-12-9-11-19(25)14-20/h7-14,17,22H,5-6,15-16H2,1-4H3,(H,27,31)/t17-,22-/m1/s1. The zero-order chi connectivity index (χ0) is 25.5. The molecule has 0 heterocycles. The number of carbonyl (C=O) groups is 2. The number of hydrogen-bond donors (Lipinski definition) is 1. The van der Waals surface area contributed by atoms with E-state index in [4.69, 9.17) is 11.6 Å². The Hall–Kier alpha value is -2.10. The summed E-state index contributed by atoms with van der Waals surface area (Å²) >= 11 is 9.69. The monoisotopic (exact) mass is 571 g/mol. The Morgan fingerprint density at radius 1 is 1.09 bits per heavy atom. The first-order chi connectivity index (χ1) is 16.0. The van der Waals surface area contributed by atoms with E-state index in [0.717, 1.165) is 17.0 Å². The van der Waals surface area contributed by atoms with Gasteiger partial charge in [-0.2, -0.15) is 0 Å². The Kier molecular flexibility index (Phi) is 10.4. The van der Waals surface area contributed by atoms with Gasteiger partial charge in [-0.3, -0.25) is 13.9 Å². The van der Waals surface area contributed by atoms with E-state index in [1.54, 1.807) is 48.5 Å². The molecular weight excluding hydrogens is 542 g/mol. The van der Waals surface area contributed by atoms with Crippen molar-refractivity contribution >= 4 is 55.1 Å². The molecule has 0 spiro atoms. The van der Waals surface area contributed by atoms with E-state index in [0.29, 0.717) is 27.2 Å². The minimum absolute atomic E-state index is 0.0620. The van der Waals surface area contributed by atoms with Gasteiger partial charge in [-0.05, 0) is 49.6 Å². The number of carbonyl (C=O) groups excluding carboxylic acids is 2. The van der Waals surface area contributed by atoms with E-state index in [1.165, 1.54) is 4.90 Å². The summed E-state index contributed by atoms with van der Waals surface area (Å²) in [4.78, 5) is 28.1. The molecule has 2 atom stereocenters. The molecule has 2 rings (SSSR count). The summed E-state index contributed by atoms with van der Waals surface area (Å²) < 4.78 is 26.9. The number of rotatable bonds is 11. The smallest absolute Gasteiger partial charge is 0.244 e. The first-order valence-corrected chi connectivity index (χ1v) is 14.1. The van der Waals surface area contributed by atoms with Crippen molar-refractivity contribution in [3.63, 3.8) is 0 Å². The molecule has 0 fully saturated rings. The van der Waals surface area contributed by atoms with Gasteiger partial charge < -0.3 is 10.2 Å². The first kappa shape index (κ1) is 28.1. The van der Waals surface area contributed by atoms with E-state index in [9.17, 15) is 18.0 Å². The first-order valence-electron chi connectivity index (χ1n) is 11.0. The second-order valence-electron chi connectivity index (χ2n) is 8.10. The number of nitrogens with one attached hydrogen (secondary N) is 1. The molecule has 7 nitrogen and oxygen atoms in total. The number of nitrogens with zero attached hydrogens (tertiary/aromatic N) is 2. The maximum atomic E-state index is 13.6. The normalized spacial score (nSPS) is 13.1. The highest BCUT2D eigenvalue weighted by Gasteiger charge is 2.32. The van der Waals surface area contributed by atoms with Crippen LogP contribution in [-0.4, -0.2) is 50.0 Å². The SMILES string of the molecule is CC[C@@H](C)NC(=O)[C@@H](CC)N(Cc1ccccc1Cl)C(=O)CN(c1cccc(Br)c1)S(C)(=O)=O. The van der Waals surface area contributed by atoms with Gasteiger partial charge in [-0.25, -0.2) is 8.42 Å². The molecule has 10 heteroatoms. The van der Waals surface area contributed by atoms with E-state index in [-0.39, 0.29) is 18.5 Å². The third kappa shape index (κ3) is 7.71. The summed E-state index contributed by atoms with van der Waals surface area (Å²) in [6.45, 7) is 5.29. The second-order valence-corrected chi connectivity index (χ2v) is 11.3. The van der Waals surface area contributed by atoms with Crippen LogP contribution in [0.15, 0.2) is 53.0 Å². The minimum atomic E-state index is -3.78. The number of anilines is 1. The molecule has 0 saturated carbocycles. The minimum Gasteiger partial charge on any atom is -0.352 e. The molecule has 2 aromatic rings. The molecule has 0 aliphatic heterocycles. The molecule has 0 radical (unpaired) electrons. The quantitative estimate of drug-likeness (QED) is 0.427. The Balaban J connectivity index is 2.45. The highest BCUT2D eigenvalue weighted by molar-refractivity contribution is 9.10. The third-order valence-corrected chi connectivity index (χ3v) is 7.46. The van der Waals surface area contributed by atoms with Crippen molar-refractivity contribution in [1.29, 1.82) is 0 Å². The highest BCUT2D eigenvalue weighted by atomic mass is 79.9. The Morgan fingerprint density at radius 3 is 2.32 bits per heavy atom. The van der Waals surface area contributed by atoms with Gasteiger partial charge >= 0.3 is 0 Å². The molecule has 0 aliphatic carbocycles. The zero-order valence-electron chi connectivity index (χ0n) is 19.8. The van der Waals surface area contributed by atoms with Crippen LogP contribution in [0.1, 0.15) is 39.2 Å². The molecule has 34 heavy (non-hydrogen) atoms. The molecule has 0 aliphatic rings.